The smallest absolute Gasteiger partial charge is 0.397 e. The zero-order chi connectivity index (χ0) is 15.3. The number of hydrogen-bond donors (Lipinski definition) is 2. The van der Waals surface area contributed by atoms with Crippen LogP contribution in [0.4, 0.5) is 0 Å². The molecule has 0 aromatic carbocycles. The fraction of sp³-hybridized carbons (Fsp3) is 0.833. The van der Waals surface area contributed by atoms with Gasteiger partial charge in [0.2, 0.25) is 0 Å². The van der Waals surface area contributed by atoms with Gasteiger partial charge in [0.1, 0.15) is 5.78 Å². The second-order valence-electron chi connectivity index (χ2n) is 5.23. The molecule has 1 fully saturated rings. The normalized spacial score (nSPS) is 24.8. The molecule has 0 amide bonds. The number of ketones is 1. The van der Waals surface area contributed by atoms with Crippen LogP contribution in [0.1, 0.15) is 45.4 Å². The third kappa shape index (κ3) is 5.98. The summed E-state index contributed by atoms with van der Waals surface area (Å²) in [6, 6.07) is 0. The zero-order valence-electron chi connectivity index (χ0n) is 11.3. The van der Waals surface area contributed by atoms with Crippen molar-refractivity contribution < 1.29 is 31.8 Å². The summed E-state index contributed by atoms with van der Waals surface area (Å²) < 4.78 is 33.9. The van der Waals surface area contributed by atoms with E-state index in [-0.39, 0.29) is 24.0 Å². The van der Waals surface area contributed by atoms with Crippen molar-refractivity contribution in [1.29, 1.82) is 0 Å². The Bertz CT molecular complexity index is 456. The van der Waals surface area contributed by atoms with Gasteiger partial charge in [0.15, 0.2) is 0 Å². The molecule has 1 rings (SSSR count). The third-order valence-electron chi connectivity index (χ3n) is 3.59. The summed E-state index contributed by atoms with van der Waals surface area (Å²) >= 11 is 0. The number of Topliss-reactive ketones (excluding diaryl/α,β-unsaturated/α-hetero) is 1. The molecule has 0 aliphatic heterocycles. The van der Waals surface area contributed by atoms with E-state index < -0.39 is 22.5 Å². The van der Waals surface area contributed by atoms with E-state index in [0.717, 1.165) is 0 Å². The van der Waals surface area contributed by atoms with E-state index in [0.29, 0.717) is 32.1 Å². The molecular formula is C12H20O7S. The fourth-order valence-corrected chi connectivity index (χ4v) is 3.23. The predicted molar refractivity (Wildman–Crippen MR) is 69.4 cm³/mol. The molecular weight excluding hydrogens is 288 g/mol. The Morgan fingerprint density at radius 2 is 2.15 bits per heavy atom. The number of carboxylic acid groups (broad SMARTS) is 1. The SMILES string of the molecule is CC(CCCC1C(=O)CCC1CC(=O)O)OS(=O)(=O)O. The van der Waals surface area contributed by atoms with Gasteiger partial charge in [-0.05, 0) is 32.1 Å². The van der Waals surface area contributed by atoms with Gasteiger partial charge in [-0.1, -0.05) is 6.42 Å². The molecule has 116 valence electrons. The first-order chi connectivity index (χ1) is 9.19. The van der Waals surface area contributed by atoms with E-state index in [1.807, 2.05) is 0 Å². The number of rotatable bonds is 8. The van der Waals surface area contributed by atoms with Crippen molar-refractivity contribution in [3.8, 4) is 0 Å². The zero-order valence-corrected chi connectivity index (χ0v) is 12.1. The molecule has 1 aliphatic rings. The Labute approximate surface area is 118 Å². The van der Waals surface area contributed by atoms with Crippen LogP contribution in [0, 0.1) is 11.8 Å². The highest BCUT2D eigenvalue weighted by Gasteiger charge is 2.35. The molecule has 3 atom stereocenters. The van der Waals surface area contributed by atoms with Crippen molar-refractivity contribution in [3.05, 3.63) is 0 Å². The van der Waals surface area contributed by atoms with Gasteiger partial charge in [0, 0.05) is 18.8 Å². The van der Waals surface area contributed by atoms with E-state index in [2.05, 4.69) is 4.18 Å². The van der Waals surface area contributed by atoms with E-state index in [1.165, 1.54) is 6.92 Å². The maximum absolute atomic E-state index is 11.7. The maximum Gasteiger partial charge on any atom is 0.397 e. The Balaban J connectivity index is 2.39. The van der Waals surface area contributed by atoms with Crippen LogP contribution >= 0.6 is 0 Å². The first-order valence-corrected chi connectivity index (χ1v) is 7.95. The van der Waals surface area contributed by atoms with Gasteiger partial charge < -0.3 is 5.11 Å². The van der Waals surface area contributed by atoms with E-state index in [9.17, 15) is 18.0 Å². The highest BCUT2D eigenvalue weighted by Crippen LogP contribution is 2.35. The Morgan fingerprint density at radius 3 is 2.70 bits per heavy atom. The minimum Gasteiger partial charge on any atom is -0.481 e. The van der Waals surface area contributed by atoms with Crippen molar-refractivity contribution >= 4 is 22.2 Å². The molecule has 3 unspecified atom stereocenters. The lowest BCUT2D eigenvalue weighted by Gasteiger charge is -2.17. The van der Waals surface area contributed by atoms with Crippen LogP contribution in [0.25, 0.3) is 0 Å². The summed E-state index contributed by atoms with van der Waals surface area (Å²) in [5.74, 6) is -1.21. The van der Waals surface area contributed by atoms with E-state index >= 15 is 0 Å². The summed E-state index contributed by atoms with van der Waals surface area (Å²) in [6.45, 7) is 1.51. The number of aliphatic carboxylic acids is 1. The second kappa shape index (κ2) is 7.14. The first-order valence-electron chi connectivity index (χ1n) is 6.59. The quantitative estimate of drug-likeness (QED) is 0.651. The van der Waals surface area contributed by atoms with Crippen molar-refractivity contribution in [2.45, 2.75) is 51.6 Å². The van der Waals surface area contributed by atoms with Crippen molar-refractivity contribution in [2.24, 2.45) is 11.8 Å². The number of carbonyl (C=O) groups excluding carboxylic acids is 1. The lowest BCUT2D eigenvalue weighted by Crippen LogP contribution is -2.19. The molecule has 0 radical (unpaired) electrons. The molecule has 0 aromatic heterocycles. The number of carboxylic acids is 1. The van der Waals surface area contributed by atoms with Crippen LogP contribution < -0.4 is 0 Å². The van der Waals surface area contributed by atoms with Crippen LogP contribution in [0.15, 0.2) is 0 Å². The van der Waals surface area contributed by atoms with Crippen LogP contribution in [0.5, 0.6) is 0 Å². The van der Waals surface area contributed by atoms with Crippen LogP contribution in [-0.4, -0.2) is 35.9 Å². The third-order valence-corrected chi connectivity index (χ3v) is 4.16. The Morgan fingerprint density at radius 1 is 1.50 bits per heavy atom. The molecule has 1 aliphatic carbocycles. The summed E-state index contributed by atoms with van der Waals surface area (Å²) in [6.07, 6.45) is 1.79. The average molecular weight is 308 g/mol. The Kier molecular flexibility index (Phi) is 6.09. The summed E-state index contributed by atoms with van der Waals surface area (Å²) in [5, 5.41) is 8.79. The van der Waals surface area contributed by atoms with Gasteiger partial charge in [-0.2, -0.15) is 8.42 Å². The Hall–Kier alpha value is -0.990. The summed E-state index contributed by atoms with van der Waals surface area (Å²) in [7, 11) is -4.45. The standard InChI is InChI=1S/C12H20O7S/c1-8(19-20(16,17)18)3-2-4-10-9(7-12(14)15)5-6-11(10)13/h8-10H,2-7H2,1H3,(H,14,15)(H,16,17,18). The van der Waals surface area contributed by atoms with E-state index in [4.69, 9.17) is 9.66 Å². The number of carbonyl (C=O) groups is 2. The molecule has 7 nitrogen and oxygen atoms in total. The van der Waals surface area contributed by atoms with Crippen molar-refractivity contribution in [2.75, 3.05) is 0 Å². The van der Waals surface area contributed by atoms with Crippen molar-refractivity contribution in [3.63, 3.8) is 0 Å². The van der Waals surface area contributed by atoms with Gasteiger partial charge in [0.25, 0.3) is 0 Å². The van der Waals surface area contributed by atoms with Crippen LogP contribution in [0.3, 0.4) is 0 Å². The van der Waals surface area contributed by atoms with Crippen molar-refractivity contribution in [1.82, 2.24) is 0 Å². The minimum absolute atomic E-state index is 0.00647. The van der Waals surface area contributed by atoms with Gasteiger partial charge in [0.05, 0.1) is 6.10 Å². The van der Waals surface area contributed by atoms with Gasteiger partial charge >= 0.3 is 16.4 Å². The second-order valence-corrected chi connectivity index (χ2v) is 6.28. The highest BCUT2D eigenvalue weighted by molar-refractivity contribution is 7.80. The molecule has 20 heavy (non-hydrogen) atoms. The highest BCUT2D eigenvalue weighted by atomic mass is 32.3. The minimum atomic E-state index is -4.45. The van der Waals surface area contributed by atoms with Crippen LogP contribution in [0.2, 0.25) is 0 Å². The monoisotopic (exact) mass is 308 g/mol. The number of hydrogen-bond acceptors (Lipinski definition) is 5. The lowest BCUT2D eigenvalue weighted by atomic mass is 9.88. The molecule has 8 heteroatoms. The predicted octanol–water partition coefficient (Wildman–Crippen LogP) is 1.43. The molecule has 0 heterocycles. The average Bonchev–Trinajstić information content (AvgIpc) is 2.58. The largest absolute Gasteiger partial charge is 0.481 e. The first kappa shape index (κ1) is 17.1. The summed E-state index contributed by atoms with van der Waals surface area (Å²) in [5.41, 5.74) is 0. The molecule has 0 saturated heterocycles. The van der Waals surface area contributed by atoms with E-state index in [1.54, 1.807) is 0 Å². The molecule has 0 spiro atoms. The molecule has 1 saturated carbocycles. The van der Waals surface area contributed by atoms with Gasteiger partial charge in [-0.3, -0.25) is 14.1 Å². The molecule has 2 N–H and O–H groups in total. The van der Waals surface area contributed by atoms with Crippen LogP contribution in [-0.2, 0) is 24.2 Å². The maximum atomic E-state index is 11.7. The molecule has 0 bridgehead atoms. The lowest BCUT2D eigenvalue weighted by molar-refractivity contribution is -0.138. The topological polar surface area (TPSA) is 118 Å². The fourth-order valence-electron chi connectivity index (χ4n) is 2.72. The van der Waals surface area contributed by atoms with Gasteiger partial charge in [-0.25, -0.2) is 4.18 Å². The summed E-state index contributed by atoms with van der Waals surface area (Å²) in [4.78, 5) is 22.4. The molecule has 0 aromatic rings. The van der Waals surface area contributed by atoms with Gasteiger partial charge in [-0.15, -0.1) is 0 Å².